The van der Waals surface area contributed by atoms with Crippen molar-refractivity contribution in [1.82, 2.24) is 15.2 Å². The van der Waals surface area contributed by atoms with E-state index in [0.717, 1.165) is 71.7 Å². The van der Waals surface area contributed by atoms with Crippen molar-refractivity contribution in [3.05, 3.63) is 48.0 Å². The van der Waals surface area contributed by atoms with Crippen molar-refractivity contribution < 1.29 is 19.0 Å². The Morgan fingerprint density at radius 2 is 1.85 bits per heavy atom. The van der Waals surface area contributed by atoms with Crippen molar-refractivity contribution >= 4 is 16.8 Å². The number of fused-ring (bicyclic) bond motifs is 1. The smallest absolute Gasteiger partial charge is 0.222 e. The van der Waals surface area contributed by atoms with E-state index in [4.69, 9.17) is 19.2 Å². The van der Waals surface area contributed by atoms with Crippen molar-refractivity contribution in [3.8, 4) is 28.5 Å². The van der Waals surface area contributed by atoms with Crippen LogP contribution in [0, 0.1) is 0 Å². The SMILES string of the molecule is COc1cccc(-c2nc3c(OC)ccc(OC)c3cc2CNCCCN2CCCC2=O)c1. The van der Waals surface area contributed by atoms with E-state index < -0.39 is 0 Å². The Kier molecular flexibility index (Phi) is 7.29. The number of nitrogens with zero attached hydrogens (tertiary/aromatic N) is 2. The molecule has 1 amide bonds. The fourth-order valence-corrected chi connectivity index (χ4v) is 4.31. The summed E-state index contributed by atoms with van der Waals surface area (Å²) in [6.07, 6.45) is 2.58. The summed E-state index contributed by atoms with van der Waals surface area (Å²) in [5.74, 6) is 2.50. The summed E-state index contributed by atoms with van der Waals surface area (Å²) in [4.78, 5) is 18.8. The monoisotopic (exact) mass is 449 g/mol. The highest BCUT2D eigenvalue weighted by molar-refractivity contribution is 5.93. The van der Waals surface area contributed by atoms with Crippen LogP contribution in [0.25, 0.3) is 22.2 Å². The van der Waals surface area contributed by atoms with Gasteiger partial charge in [-0.3, -0.25) is 4.79 Å². The van der Waals surface area contributed by atoms with Gasteiger partial charge in [0, 0.05) is 37.0 Å². The van der Waals surface area contributed by atoms with Gasteiger partial charge in [0.05, 0.1) is 27.0 Å². The number of rotatable bonds is 10. The maximum Gasteiger partial charge on any atom is 0.222 e. The molecule has 174 valence electrons. The fraction of sp³-hybridized carbons (Fsp3) is 0.385. The molecule has 3 aromatic rings. The zero-order chi connectivity index (χ0) is 23.2. The topological polar surface area (TPSA) is 72.9 Å². The zero-order valence-corrected chi connectivity index (χ0v) is 19.5. The van der Waals surface area contributed by atoms with E-state index in [9.17, 15) is 4.79 Å². The van der Waals surface area contributed by atoms with E-state index in [-0.39, 0.29) is 5.91 Å². The predicted molar refractivity (Wildman–Crippen MR) is 129 cm³/mol. The lowest BCUT2D eigenvalue weighted by Crippen LogP contribution is -2.28. The lowest BCUT2D eigenvalue weighted by atomic mass is 10.0. The molecule has 7 nitrogen and oxygen atoms in total. The van der Waals surface area contributed by atoms with Crippen molar-refractivity contribution in [2.45, 2.75) is 25.8 Å². The number of carbonyl (C=O) groups is 1. The van der Waals surface area contributed by atoms with Gasteiger partial charge in [0.1, 0.15) is 22.8 Å². The molecular formula is C26H31N3O4. The zero-order valence-electron chi connectivity index (χ0n) is 19.5. The number of likely N-dealkylation sites (tertiary alicyclic amines) is 1. The van der Waals surface area contributed by atoms with E-state index in [2.05, 4.69) is 11.4 Å². The molecule has 0 saturated carbocycles. The fourth-order valence-electron chi connectivity index (χ4n) is 4.31. The van der Waals surface area contributed by atoms with Crippen LogP contribution < -0.4 is 19.5 Å². The first-order valence-electron chi connectivity index (χ1n) is 11.3. The molecule has 0 radical (unpaired) electrons. The van der Waals surface area contributed by atoms with Gasteiger partial charge in [0.2, 0.25) is 5.91 Å². The third-order valence-electron chi connectivity index (χ3n) is 6.04. The molecule has 1 aromatic heterocycles. The van der Waals surface area contributed by atoms with Gasteiger partial charge < -0.3 is 24.4 Å². The molecule has 1 saturated heterocycles. The number of ether oxygens (including phenoxy) is 3. The first-order chi connectivity index (χ1) is 16.1. The minimum absolute atomic E-state index is 0.273. The highest BCUT2D eigenvalue weighted by Crippen LogP contribution is 2.36. The Balaban J connectivity index is 1.62. The van der Waals surface area contributed by atoms with Gasteiger partial charge in [0.25, 0.3) is 0 Å². The first kappa shape index (κ1) is 22.9. The van der Waals surface area contributed by atoms with Crippen molar-refractivity contribution in [3.63, 3.8) is 0 Å². The second kappa shape index (κ2) is 10.5. The molecule has 33 heavy (non-hydrogen) atoms. The van der Waals surface area contributed by atoms with Crippen molar-refractivity contribution in [1.29, 1.82) is 0 Å². The molecule has 4 rings (SSSR count). The lowest BCUT2D eigenvalue weighted by molar-refractivity contribution is -0.127. The van der Waals surface area contributed by atoms with E-state index >= 15 is 0 Å². The summed E-state index contributed by atoms with van der Waals surface area (Å²) in [5, 5.41) is 4.43. The number of hydrogen-bond acceptors (Lipinski definition) is 6. The number of hydrogen-bond donors (Lipinski definition) is 1. The molecule has 2 aromatic carbocycles. The van der Waals surface area contributed by atoms with Gasteiger partial charge in [-0.1, -0.05) is 12.1 Å². The summed E-state index contributed by atoms with van der Waals surface area (Å²) in [6.45, 7) is 3.14. The maximum atomic E-state index is 11.8. The summed E-state index contributed by atoms with van der Waals surface area (Å²) in [7, 11) is 4.97. The maximum absolute atomic E-state index is 11.8. The Hall–Kier alpha value is -3.32. The van der Waals surface area contributed by atoms with Crippen LogP contribution in [0.15, 0.2) is 42.5 Å². The second-order valence-electron chi connectivity index (χ2n) is 8.11. The summed E-state index contributed by atoms with van der Waals surface area (Å²) in [6, 6.07) is 13.8. The molecule has 7 heteroatoms. The molecule has 2 heterocycles. The van der Waals surface area contributed by atoms with E-state index in [1.54, 1.807) is 21.3 Å². The van der Waals surface area contributed by atoms with Gasteiger partial charge in [0.15, 0.2) is 0 Å². The van der Waals surface area contributed by atoms with Crippen molar-refractivity contribution in [2.24, 2.45) is 0 Å². The van der Waals surface area contributed by atoms with Crippen LogP contribution in [0.4, 0.5) is 0 Å². The Labute approximate surface area is 194 Å². The number of benzene rings is 2. The van der Waals surface area contributed by atoms with Gasteiger partial charge in [-0.15, -0.1) is 0 Å². The molecule has 0 spiro atoms. The Morgan fingerprint density at radius 1 is 1.03 bits per heavy atom. The van der Waals surface area contributed by atoms with Gasteiger partial charge in [-0.05, 0) is 55.3 Å². The highest BCUT2D eigenvalue weighted by atomic mass is 16.5. The van der Waals surface area contributed by atoms with Gasteiger partial charge >= 0.3 is 0 Å². The van der Waals surface area contributed by atoms with Gasteiger partial charge in [-0.2, -0.15) is 0 Å². The number of pyridine rings is 1. The Morgan fingerprint density at radius 3 is 2.58 bits per heavy atom. The number of aromatic nitrogens is 1. The first-order valence-corrected chi connectivity index (χ1v) is 11.3. The van der Waals surface area contributed by atoms with Crippen LogP contribution in [-0.4, -0.2) is 56.8 Å². The molecule has 1 aliphatic rings. The standard InChI is InChI=1S/C26H31N3O4/c1-31-20-8-4-7-18(15-20)25-19(17-27-12-6-14-29-13-5-9-24(29)30)16-21-22(32-2)10-11-23(33-3)26(21)28-25/h4,7-8,10-11,15-16,27H,5-6,9,12-14,17H2,1-3H3. The van der Waals surface area contributed by atoms with E-state index in [1.807, 2.05) is 41.3 Å². The molecule has 1 fully saturated rings. The largest absolute Gasteiger partial charge is 0.497 e. The molecule has 0 bridgehead atoms. The predicted octanol–water partition coefficient (Wildman–Crippen LogP) is 4.03. The molecule has 1 N–H and O–H groups in total. The number of nitrogens with one attached hydrogen (secondary N) is 1. The average molecular weight is 450 g/mol. The number of carbonyl (C=O) groups excluding carboxylic acids is 1. The van der Waals surface area contributed by atoms with Crippen LogP contribution in [0.5, 0.6) is 17.2 Å². The lowest BCUT2D eigenvalue weighted by Gasteiger charge is -2.17. The van der Waals surface area contributed by atoms with E-state index in [0.29, 0.717) is 18.7 Å². The van der Waals surface area contributed by atoms with Crippen LogP contribution in [-0.2, 0) is 11.3 Å². The van der Waals surface area contributed by atoms with Crippen LogP contribution in [0.2, 0.25) is 0 Å². The average Bonchev–Trinajstić information content (AvgIpc) is 3.27. The molecule has 0 atom stereocenters. The van der Waals surface area contributed by atoms with E-state index in [1.165, 1.54) is 0 Å². The van der Waals surface area contributed by atoms with Crippen molar-refractivity contribution in [2.75, 3.05) is 41.0 Å². The normalized spacial score (nSPS) is 13.5. The molecule has 0 aliphatic carbocycles. The number of methoxy groups -OCH3 is 3. The summed E-state index contributed by atoms with van der Waals surface area (Å²) in [5.41, 5.74) is 3.65. The van der Waals surface area contributed by atoms with Crippen LogP contribution >= 0.6 is 0 Å². The molecular weight excluding hydrogens is 418 g/mol. The van der Waals surface area contributed by atoms with Crippen LogP contribution in [0.1, 0.15) is 24.8 Å². The number of amides is 1. The molecule has 1 aliphatic heterocycles. The Bertz CT molecular complexity index is 1130. The van der Waals surface area contributed by atoms with Gasteiger partial charge in [-0.25, -0.2) is 4.98 Å². The highest BCUT2D eigenvalue weighted by Gasteiger charge is 2.19. The minimum Gasteiger partial charge on any atom is -0.497 e. The third-order valence-corrected chi connectivity index (χ3v) is 6.04. The minimum atomic E-state index is 0.273. The summed E-state index contributed by atoms with van der Waals surface area (Å²) < 4.78 is 16.6. The van der Waals surface area contributed by atoms with Crippen LogP contribution in [0.3, 0.4) is 0 Å². The second-order valence-corrected chi connectivity index (χ2v) is 8.11. The third kappa shape index (κ3) is 5.03. The molecule has 0 unspecified atom stereocenters. The quantitative estimate of drug-likeness (QED) is 0.471. The summed E-state index contributed by atoms with van der Waals surface area (Å²) >= 11 is 0.